The number of likely N-dealkylation sites (tertiary alicyclic amines) is 1. The fraction of sp³-hybridized carbons (Fsp3) is 0.625. The van der Waals surface area contributed by atoms with Crippen LogP contribution in [0.15, 0.2) is 12.4 Å². The van der Waals surface area contributed by atoms with Gasteiger partial charge in [0.2, 0.25) is 0 Å². The molecule has 9 heteroatoms. The second kappa shape index (κ2) is 9.11. The molecule has 0 spiro atoms. The lowest BCUT2D eigenvalue weighted by Crippen LogP contribution is -2.41. The zero-order chi connectivity index (χ0) is 22.9. The van der Waals surface area contributed by atoms with Gasteiger partial charge in [0.1, 0.15) is 17.8 Å². The maximum atomic E-state index is 13.3. The van der Waals surface area contributed by atoms with Crippen LogP contribution >= 0.6 is 0 Å². The van der Waals surface area contributed by atoms with Crippen LogP contribution in [-0.4, -0.2) is 58.6 Å². The minimum Gasteiger partial charge on any atom is -0.337 e. The van der Waals surface area contributed by atoms with E-state index in [1.807, 2.05) is 28.9 Å². The van der Waals surface area contributed by atoms with E-state index in [-0.39, 0.29) is 5.91 Å². The zero-order valence-corrected chi connectivity index (χ0v) is 19.9. The molecule has 1 saturated carbocycles. The first kappa shape index (κ1) is 21.9. The third-order valence-electron chi connectivity index (χ3n) is 7.01. The van der Waals surface area contributed by atoms with Crippen LogP contribution in [0, 0.1) is 25.7 Å². The molecular formula is C24H34N8O. The van der Waals surface area contributed by atoms with E-state index in [0.29, 0.717) is 11.6 Å². The van der Waals surface area contributed by atoms with E-state index >= 15 is 0 Å². The van der Waals surface area contributed by atoms with Crippen molar-refractivity contribution in [2.24, 2.45) is 11.8 Å². The summed E-state index contributed by atoms with van der Waals surface area (Å²) in [5.41, 5.74) is 4.39. The molecule has 2 aliphatic rings. The van der Waals surface area contributed by atoms with Gasteiger partial charge in [0, 0.05) is 43.9 Å². The predicted molar refractivity (Wildman–Crippen MR) is 125 cm³/mol. The first-order valence-corrected chi connectivity index (χ1v) is 12.3. The Labute approximate surface area is 194 Å². The number of aryl methyl sites for hydroxylation is 2. The highest BCUT2D eigenvalue weighted by atomic mass is 16.2. The van der Waals surface area contributed by atoms with Crippen LogP contribution in [0.25, 0.3) is 11.3 Å². The van der Waals surface area contributed by atoms with Crippen LogP contribution in [0.5, 0.6) is 0 Å². The van der Waals surface area contributed by atoms with Crippen molar-refractivity contribution in [1.29, 1.82) is 0 Å². The maximum absolute atomic E-state index is 13.3. The van der Waals surface area contributed by atoms with E-state index < -0.39 is 0 Å². The first-order chi connectivity index (χ1) is 16.0. The van der Waals surface area contributed by atoms with Gasteiger partial charge in [-0.15, -0.1) is 10.2 Å². The molecule has 1 amide bonds. The summed E-state index contributed by atoms with van der Waals surface area (Å²) in [6.07, 6.45) is 8.51. The van der Waals surface area contributed by atoms with Crippen molar-refractivity contribution in [3.05, 3.63) is 35.3 Å². The lowest BCUT2D eigenvalue weighted by atomic mass is 9.94. The normalized spacial score (nSPS) is 18.8. The lowest BCUT2D eigenvalue weighted by Gasteiger charge is -2.32. The van der Waals surface area contributed by atoms with Gasteiger partial charge in [-0.25, -0.2) is 0 Å². The first-order valence-electron chi connectivity index (χ1n) is 12.3. The third-order valence-corrected chi connectivity index (χ3v) is 7.01. The summed E-state index contributed by atoms with van der Waals surface area (Å²) in [5.74, 6) is 2.28. The van der Waals surface area contributed by atoms with Gasteiger partial charge in [-0.1, -0.05) is 6.92 Å². The largest absolute Gasteiger partial charge is 0.337 e. The molecule has 0 aromatic carbocycles. The molecule has 3 aromatic heterocycles. The Hall–Kier alpha value is -2.97. The predicted octanol–water partition coefficient (Wildman–Crippen LogP) is 3.40. The fourth-order valence-corrected chi connectivity index (χ4v) is 5.07. The summed E-state index contributed by atoms with van der Waals surface area (Å²) in [6.45, 7) is 9.65. The number of amides is 1. The number of hydrogen-bond acceptors (Lipinski definition) is 5. The molecule has 1 N–H and O–H groups in total. The van der Waals surface area contributed by atoms with E-state index in [2.05, 4.69) is 43.9 Å². The molecule has 1 aliphatic heterocycles. The fourth-order valence-electron chi connectivity index (χ4n) is 5.07. The number of hydrogen-bond donors (Lipinski definition) is 1. The average Bonchev–Trinajstić information content (AvgIpc) is 3.18. The van der Waals surface area contributed by atoms with Crippen LogP contribution in [-0.2, 0) is 19.5 Å². The molecular weight excluding hydrogens is 416 g/mol. The molecule has 33 heavy (non-hydrogen) atoms. The van der Waals surface area contributed by atoms with Crippen LogP contribution in [0.2, 0.25) is 0 Å². The number of aromatic nitrogens is 7. The van der Waals surface area contributed by atoms with E-state index in [9.17, 15) is 4.79 Å². The van der Waals surface area contributed by atoms with E-state index in [1.165, 1.54) is 12.8 Å². The van der Waals surface area contributed by atoms with Crippen LogP contribution in [0.1, 0.15) is 66.7 Å². The van der Waals surface area contributed by atoms with Gasteiger partial charge in [-0.05, 0) is 63.9 Å². The lowest BCUT2D eigenvalue weighted by molar-refractivity contribution is 0.0665. The molecule has 9 nitrogen and oxygen atoms in total. The summed E-state index contributed by atoms with van der Waals surface area (Å²) in [7, 11) is 0. The zero-order valence-electron chi connectivity index (χ0n) is 19.9. The van der Waals surface area contributed by atoms with Gasteiger partial charge >= 0.3 is 0 Å². The molecule has 1 aliphatic carbocycles. The van der Waals surface area contributed by atoms with Crippen molar-refractivity contribution in [3.8, 4) is 11.3 Å². The Morgan fingerprint density at radius 2 is 2.06 bits per heavy atom. The molecule has 3 aromatic rings. The number of H-pyrrole nitrogens is 1. The highest BCUT2D eigenvalue weighted by Crippen LogP contribution is 2.31. The molecule has 4 heterocycles. The second-order valence-electron chi connectivity index (χ2n) is 9.74. The molecule has 0 bridgehead atoms. The Bertz CT molecular complexity index is 1120. The smallest absolute Gasteiger partial charge is 0.271 e. The maximum Gasteiger partial charge on any atom is 0.271 e. The average molecular weight is 451 g/mol. The van der Waals surface area contributed by atoms with Gasteiger partial charge in [-0.2, -0.15) is 10.2 Å². The Morgan fingerprint density at radius 3 is 2.85 bits per heavy atom. The quantitative estimate of drug-likeness (QED) is 0.567. The van der Waals surface area contributed by atoms with E-state index in [4.69, 9.17) is 0 Å². The molecule has 176 valence electrons. The van der Waals surface area contributed by atoms with Crippen LogP contribution in [0.3, 0.4) is 0 Å². The minimum absolute atomic E-state index is 0.0224. The van der Waals surface area contributed by atoms with Crippen LogP contribution < -0.4 is 0 Å². The summed E-state index contributed by atoms with van der Waals surface area (Å²) in [5, 5.41) is 20.6. The highest BCUT2D eigenvalue weighted by molar-refractivity contribution is 5.93. The van der Waals surface area contributed by atoms with Crippen molar-refractivity contribution in [1.82, 2.24) is 39.6 Å². The van der Waals surface area contributed by atoms with Gasteiger partial charge < -0.3 is 9.47 Å². The van der Waals surface area contributed by atoms with Crippen molar-refractivity contribution in [3.63, 3.8) is 0 Å². The highest BCUT2D eigenvalue weighted by Gasteiger charge is 2.28. The Balaban J connectivity index is 1.26. The Morgan fingerprint density at radius 1 is 1.21 bits per heavy atom. The number of nitrogens with one attached hydrogen (secondary N) is 1. The number of rotatable bonds is 8. The summed E-state index contributed by atoms with van der Waals surface area (Å²) in [4.78, 5) is 15.3. The number of nitrogens with zero attached hydrogens (tertiary/aromatic N) is 7. The summed E-state index contributed by atoms with van der Waals surface area (Å²) in [6, 6.07) is 1.88. The summed E-state index contributed by atoms with van der Waals surface area (Å²) >= 11 is 0. The van der Waals surface area contributed by atoms with E-state index in [1.54, 1.807) is 0 Å². The van der Waals surface area contributed by atoms with Gasteiger partial charge in [0.15, 0.2) is 0 Å². The number of carbonyl (C=O) groups excluding carboxylic acids is 1. The molecule has 2 fully saturated rings. The SMILES string of the molecule is CCCn1nc(C)c(-c2cc(C(=O)N3CCCC(Cc4nncn4CC4CC4)C3)[nH]n2)c1C. The van der Waals surface area contributed by atoms with E-state index in [0.717, 1.165) is 86.2 Å². The second-order valence-corrected chi connectivity index (χ2v) is 9.74. The minimum atomic E-state index is 0.0224. The standard InChI is InChI=1S/C24H34N8O/c1-4-9-32-17(3)23(16(2)29-32)20-12-21(27-26-20)24(33)30-10-5-6-19(14-30)11-22-28-25-15-31(22)13-18-7-8-18/h12,15,18-19H,4-11,13-14H2,1-3H3,(H,26,27). The van der Waals surface area contributed by atoms with Crippen molar-refractivity contribution < 1.29 is 4.79 Å². The van der Waals surface area contributed by atoms with Crippen molar-refractivity contribution in [2.75, 3.05) is 13.1 Å². The molecule has 1 unspecified atom stereocenters. The monoisotopic (exact) mass is 450 g/mol. The number of carbonyl (C=O) groups is 1. The van der Waals surface area contributed by atoms with Gasteiger partial charge in [-0.3, -0.25) is 14.6 Å². The van der Waals surface area contributed by atoms with Gasteiger partial charge in [0.05, 0.1) is 11.4 Å². The number of aromatic amines is 1. The van der Waals surface area contributed by atoms with Crippen molar-refractivity contribution in [2.45, 2.75) is 72.4 Å². The Kier molecular flexibility index (Phi) is 6.03. The molecule has 0 radical (unpaired) electrons. The third kappa shape index (κ3) is 4.58. The molecule has 5 rings (SSSR count). The molecule has 1 atom stereocenters. The molecule has 1 saturated heterocycles. The number of piperidine rings is 1. The van der Waals surface area contributed by atoms with Crippen molar-refractivity contribution >= 4 is 5.91 Å². The summed E-state index contributed by atoms with van der Waals surface area (Å²) < 4.78 is 4.24. The van der Waals surface area contributed by atoms with Gasteiger partial charge in [0.25, 0.3) is 5.91 Å². The topological polar surface area (TPSA) is 97.5 Å². The van der Waals surface area contributed by atoms with Crippen LogP contribution in [0.4, 0.5) is 0 Å².